The van der Waals surface area contributed by atoms with Gasteiger partial charge in [-0.05, 0) is 60.6 Å². The van der Waals surface area contributed by atoms with Crippen molar-refractivity contribution in [1.82, 2.24) is 5.32 Å². The Kier molecular flexibility index (Phi) is 6.27. The molecule has 1 aromatic carbocycles. The van der Waals surface area contributed by atoms with Crippen molar-refractivity contribution in [3.8, 4) is 0 Å². The minimum atomic E-state index is -3.60. The average molecular weight is 367 g/mol. The fraction of sp³-hybridized carbons (Fsp3) is 0.632. The summed E-state index contributed by atoms with van der Waals surface area (Å²) in [7, 11) is -3.60. The van der Waals surface area contributed by atoms with Crippen LogP contribution in [0.5, 0.6) is 0 Å². The number of primary sulfonamides is 1. The lowest BCUT2D eigenvalue weighted by Gasteiger charge is -2.37. The molecule has 0 aliphatic heterocycles. The van der Waals surface area contributed by atoms with E-state index in [1.54, 1.807) is 24.3 Å². The van der Waals surface area contributed by atoms with Crippen molar-refractivity contribution >= 4 is 15.9 Å². The Balaban J connectivity index is 1.86. The Hall–Kier alpha value is -1.40. The van der Waals surface area contributed by atoms with E-state index in [4.69, 9.17) is 5.14 Å². The molecule has 1 fully saturated rings. The highest BCUT2D eigenvalue weighted by atomic mass is 32.2. The van der Waals surface area contributed by atoms with Crippen molar-refractivity contribution in [3.05, 3.63) is 35.4 Å². The van der Waals surface area contributed by atoms with Crippen molar-refractivity contribution in [2.24, 2.45) is 22.4 Å². The van der Waals surface area contributed by atoms with Crippen LogP contribution in [0, 0.1) is 17.3 Å². The van der Waals surface area contributed by atoms with Crippen molar-refractivity contribution in [2.45, 2.75) is 52.2 Å². The number of amides is 1. The first-order valence-corrected chi connectivity index (χ1v) is 10.6. The highest BCUT2D eigenvalue weighted by molar-refractivity contribution is 7.88. The molecule has 0 bridgehead atoms. The quantitative estimate of drug-likeness (QED) is 0.839. The van der Waals surface area contributed by atoms with Gasteiger partial charge in [0.1, 0.15) is 0 Å². The van der Waals surface area contributed by atoms with Crippen LogP contribution in [0.25, 0.3) is 0 Å². The number of rotatable bonds is 5. The summed E-state index contributed by atoms with van der Waals surface area (Å²) in [5, 5.41) is 8.06. The molecule has 0 heterocycles. The molecule has 0 unspecified atom stereocenters. The van der Waals surface area contributed by atoms with Gasteiger partial charge in [-0.1, -0.05) is 32.9 Å². The van der Waals surface area contributed by atoms with Crippen LogP contribution >= 0.6 is 0 Å². The minimum Gasteiger partial charge on any atom is -0.352 e. The molecule has 5 nitrogen and oxygen atoms in total. The third-order valence-corrected chi connectivity index (χ3v) is 5.92. The highest BCUT2D eigenvalue weighted by Crippen LogP contribution is 2.39. The van der Waals surface area contributed by atoms with Gasteiger partial charge in [-0.2, -0.15) is 0 Å². The number of hydrogen-bond acceptors (Lipinski definition) is 3. The molecule has 1 saturated carbocycles. The van der Waals surface area contributed by atoms with Crippen LogP contribution in [0.3, 0.4) is 0 Å². The van der Waals surface area contributed by atoms with Gasteiger partial charge in [0.15, 0.2) is 0 Å². The van der Waals surface area contributed by atoms with E-state index < -0.39 is 10.0 Å². The minimum absolute atomic E-state index is 0.158. The van der Waals surface area contributed by atoms with E-state index in [-0.39, 0.29) is 11.7 Å². The molecule has 1 aromatic rings. The zero-order valence-electron chi connectivity index (χ0n) is 15.4. The van der Waals surface area contributed by atoms with Gasteiger partial charge in [0.05, 0.1) is 5.75 Å². The van der Waals surface area contributed by atoms with Crippen molar-refractivity contribution in [2.75, 3.05) is 6.54 Å². The third-order valence-electron chi connectivity index (χ3n) is 5.18. The number of benzene rings is 1. The fourth-order valence-corrected chi connectivity index (χ4v) is 4.25. The van der Waals surface area contributed by atoms with E-state index in [9.17, 15) is 13.2 Å². The van der Waals surface area contributed by atoms with Crippen LogP contribution < -0.4 is 10.5 Å². The van der Waals surface area contributed by atoms with Crippen LogP contribution in [0.4, 0.5) is 0 Å². The predicted molar refractivity (Wildman–Crippen MR) is 100 cm³/mol. The zero-order chi connectivity index (χ0) is 18.7. The molecule has 25 heavy (non-hydrogen) atoms. The molecule has 0 atom stereocenters. The van der Waals surface area contributed by atoms with Gasteiger partial charge >= 0.3 is 0 Å². The van der Waals surface area contributed by atoms with Crippen LogP contribution in [0.1, 0.15) is 62.4 Å². The number of nitrogens with two attached hydrogens (primary N) is 1. The van der Waals surface area contributed by atoms with Gasteiger partial charge in [-0.15, -0.1) is 0 Å². The van der Waals surface area contributed by atoms with E-state index in [2.05, 4.69) is 26.1 Å². The molecule has 140 valence electrons. The maximum atomic E-state index is 12.3. The van der Waals surface area contributed by atoms with Crippen molar-refractivity contribution in [3.63, 3.8) is 0 Å². The molecule has 2 rings (SSSR count). The second-order valence-corrected chi connectivity index (χ2v) is 9.92. The second-order valence-electron chi connectivity index (χ2n) is 8.30. The Morgan fingerprint density at radius 2 is 1.84 bits per heavy atom. The topological polar surface area (TPSA) is 89.3 Å². The Bertz CT molecular complexity index is 700. The van der Waals surface area contributed by atoms with Gasteiger partial charge in [-0.25, -0.2) is 13.6 Å². The number of carbonyl (C=O) groups excluding carboxylic acids is 1. The molecule has 0 radical (unpaired) electrons. The van der Waals surface area contributed by atoms with Crippen molar-refractivity contribution in [1.29, 1.82) is 0 Å². The summed E-state index contributed by atoms with van der Waals surface area (Å²) < 4.78 is 22.4. The molecular formula is C19H30N2O3S. The maximum absolute atomic E-state index is 12.3. The summed E-state index contributed by atoms with van der Waals surface area (Å²) in [6.07, 6.45) is 4.73. The predicted octanol–water partition coefficient (Wildman–Crippen LogP) is 3.06. The number of nitrogens with one attached hydrogen (secondary N) is 1. The SMILES string of the molecule is CC(C)(C)C1CCC(CNC(=O)c2cccc(CS(N)(=O)=O)c2)CC1. The number of hydrogen-bond donors (Lipinski definition) is 2. The molecule has 3 N–H and O–H groups in total. The monoisotopic (exact) mass is 366 g/mol. The molecule has 6 heteroatoms. The van der Waals surface area contributed by atoms with Crippen LogP contribution in [0.2, 0.25) is 0 Å². The van der Waals surface area contributed by atoms with E-state index in [0.29, 0.717) is 29.0 Å². The lowest BCUT2D eigenvalue weighted by atomic mass is 9.70. The summed E-state index contributed by atoms with van der Waals surface area (Å²) in [6.45, 7) is 7.58. The summed E-state index contributed by atoms with van der Waals surface area (Å²) in [4.78, 5) is 12.3. The zero-order valence-corrected chi connectivity index (χ0v) is 16.2. The Morgan fingerprint density at radius 3 is 2.40 bits per heavy atom. The van der Waals surface area contributed by atoms with Crippen LogP contribution in [-0.2, 0) is 15.8 Å². The molecule has 1 aliphatic rings. The smallest absolute Gasteiger partial charge is 0.251 e. The molecular weight excluding hydrogens is 336 g/mol. The van der Waals surface area contributed by atoms with E-state index in [0.717, 1.165) is 18.8 Å². The first-order valence-electron chi connectivity index (χ1n) is 8.92. The lowest BCUT2D eigenvalue weighted by Crippen LogP contribution is -2.33. The lowest BCUT2D eigenvalue weighted by molar-refractivity contribution is 0.0931. The Morgan fingerprint density at radius 1 is 1.20 bits per heavy atom. The summed E-state index contributed by atoms with van der Waals surface area (Å²) in [5.74, 6) is 0.865. The van der Waals surface area contributed by atoms with Gasteiger partial charge in [0.25, 0.3) is 5.91 Å². The third kappa shape index (κ3) is 6.44. The summed E-state index contributed by atoms with van der Waals surface area (Å²) in [6, 6.07) is 6.63. The first-order chi connectivity index (χ1) is 11.5. The summed E-state index contributed by atoms with van der Waals surface area (Å²) >= 11 is 0. The van der Waals surface area contributed by atoms with Crippen LogP contribution in [0.15, 0.2) is 24.3 Å². The molecule has 0 saturated heterocycles. The standard InChI is InChI=1S/C19H30N2O3S/c1-19(2,3)17-9-7-14(8-10-17)12-21-18(22)16-6-4-5-15(11-16)13-25(20,23)24/h4-6,11,14,17H,7-10,12-13H2,1-3H3,(H,21,22)(H2,20,23,24). The van der Waals surface area contributed by atoms with E-state index in [1.807, 2.05) is 0 Å². The first kappa shape index (κ1) is 19.9. The van der Waals surface area contributed by atoms with Gasteiger partial charge in [0, 0.05) is 12.1 Å². The number of carbonyl (C=O) groups is 1. The molecule has 1 amide bonds. The second kappa shape index (κ2) is 7.87. The van der Waals surface area contributed by atoms with Crippen LogP contribution in [-0.4, -0.2) is 20.9 Å². The Labute approximate surface area is 151 Å². The normalized spacial score (nSPS) is 21.8. The summed E-state index contributed by atoms with van der Waals surface area (Å²) in [5.41, 5.74) is 1.36. The number of sulfonamides is 1. The van der Waals surface area contributed by atoms with E-state index >= 15 is 0 Å². The fourth-order valence-electron chi connectivity index (χ4n) is 3.61. The van der Waals surface area contributed by atoms with E-state index in [1.165, 1.54) is 12.8 Å². The van der Waals surface area contributed by atoms with Gasteiger partial charge in [-0.3, -0.25) is 4.79 Å². The molecule has 0 spiro atoms. The highest BCUT2D eigenvalue weighted by Gasteiger charge is 2.29. The largest absolute Gasteiger partial charge is 0.352 e. The average Bonchev–Trinajstić information content (AvgIpc) is 2.51. The maximum Gasteiger partial charge on any atom is 0.251 e. The van der Waals surface area contributed by atoms with Gasteiger partial charge in [0.2, 0.25) is 10.0 Å². The van der Waals surface area contributed by atoms with Crippen molar-refractivity contribution < 1.29 is 13.2 Å². The molecule has 0 aromatic heterocycles. The van der Waals surface area contributed by atoms with Gasteiger partial charge < -0.3 is 5.32 Å². The molecule has 1 aliphatic carbocycles.